The molecule has 2 rings (SSSR count). The average molecular weight is 237 g/mol. The van der Waals surface area contributed by atoms with Gasteiger partial charge in [-0.15, -0.1) is 0 Å². The summed E-state index contributed by atoms with van der Waals surface area (Å²) in [5.41, 5.74) is 9.19. The van der Waals surface area contributed by atoms with Crippen LogP contribution < -0.4 is 10.6 Å². The normalized spacial score (nSPS) is 9.78. The van der Waals surface area contributed by atoms with Gasteiger partial charge in [-0.1, -0.05) is 24.3 Å². The fourth-order valence-corrected chi connectivity index (χ4v) is 2.01. The van der Waals surface area contributed by atoms with Gasteiger partial charge in [0.1, 0.15) is 6.07 Å². The van der Waals surface area contributed by atoms with E-state index in [2.05, 4.69) is 6.07 Å². The Bertz CT molecular complexity index is 584. The van der Waals surface area contributed by atoms with E-state index in [0.717, 1.165) is 17.9 Å². The van der Waals surface area contributed by atoms with Crippen molar-refractivity contribution in [2.24, 2.45) is 0 Å². The molecule has 18 heavy (non-hydrogen) atoms. The number of anilines is 3. The molecule has 0 aromatic heterocycles. The molecule has 3 nitrogen and oxygen atoms in total. The Balaban J connectivity index is 2.53. The lowest BCUT2D eigenvalue weighted by Crippen LogP contribution is -2.18. The number of para-hydroxylation sites is 3. The van der Waals surface area contributed by atoms with E-state index in [0.29, 0.717) is 11.3 Å². The number of nitriles is 1. The van der Waals surface area contributed by atoms with E-state index in [1.54, 1.807) is 0 Å². The molecule has 0 spiro atoms. The zero-order valence-electron chi connectivity index (χ0n) is 10.3. The smallest absolute Gasteiger partial charge is 0.101 e. The molecule has 0 saturated heterocycles. The number of nitrogen functional groups attached to an aromatic ring is 1. The largest absolute Gasteiger partial charge is 0.397 e. The minimum atomic E-state index is 0.655. The van der Waals surface area contributed by atoms with E-state index in [1.165, 1.54) is 0 Å². The van der Waals surface area contributed by atoms with E-state index in [4.69, 9.17) is 5.73 Å². The summed E-state index contributed by atoms with van der Waals surface area (Å²) in [6.07, 6.45) is 0. The van der Waals surface area contributed by atoms with Crippen molar-refractivity contribution in [3.05, 3.63) is 54.1 Å². The highest BCUT2D eigenvalue weighted by atomic mass is 15.1. The molecule has 0 bridgehead atoms. The van der Waals surface area contributed by atoms with Crippen molar-refractivity contribution in [2.75, 3.05) is 17.2 Å². The third-order valence-corrected chi connectivity index (χ3v) is 2.86. The second-order valence-electron chi connectivity index (χ2n) is 3.93. The summed E-state index contributed by atoms with van der Waals surface area (Å²) < 4.78 is 0. The molecule has 0 fully saturated rings. The number of nitrogens with zero attached hydrogens (tertiary/aromatic N) is 2. The van der Waals surface area contributed by atoms with Crippen LogP contribution in [0.5, 0.6) is 0 Å². The van der Waals surface area contributed by atoms with Crippen LogP contribution in [0.15, 0.2) is 48.5 Å². The molecule has 0 saturated carbocycles. The predicted molar refractivity (Wildman–Crippen MR) is 74.7 cm³/mol. The summed E-state index contributed by atoms with van der Waals surface area (Å²) in [6, 6.07) is 17.5. The lowest BCUT2D eigenvalue weighted by molar-refractivity contribution is 1.02. The monoisotopic (exact) mass is 237 g/mol. The predicted octanol–water partition coefficient (Wildman–Crippen LogP) is 3.30. The molecular formula is C15H15N3. The third kappa shape index (κ3) is 2.14. The number of hydrogen-bond donors (Lipinski definition) is 1. The van der Waals surface area contributed by atoms with Crippen LogP contribution in [0.1, 0.15) is 12.5 Å². The molecule has 0 aliphatic rings. The van der Waals surface area contributed by atoms with Crippen molar-refractivity contribution in [2.45, 2.75) is 6.92 Å². The Morgan fingerprint density at radius 1 is 1.06 bits per heavy atom. The summed E-state index contributed by atoms with van der Waals surface area (Å²) in [5, 5.41) is 9.17. The van der Waals surface area contributed by atoms with Crippen LogP contribution >= 0.6 is 0 Å². The third-order valence-electron chi connectivity index (χ3n) is 2.86. The topological polar surface area (TPSA) is 53.0 Å². The lowest BCUT2D eigenvalue weighted by Gasteiger charge is -2.25. The van der Waals surface area contributed by atoms with E-state index in [1.807, 2.05) is 60.4 Å². The second kappa shape index (κ2) is 5.24. The van der Waals surface area contributed by atoms with Crippen molar-refractivity contribution < 1.29 is 0 Å². The van der Waals surface area contributed by atoms with Gasteiger partial charge in [-0.2, -0.15) is 5.26 Å². The Morgan fingerprint density at radius 2 is 1.67 bits per heavy atom. The Hall–Kier alpha value is -2.47. The summed E-state index contributed by atoms with van der Waals surface area (Å²) >= 11 is 0. The molecule has 0 atom stereocenters. The summed E-state index contributed by atoms with van der Waals surface area (Å²) in [5.74, 6) is 0. The highest BCUT2D eigenvalue weighted by Gasteiger charge is 2.12. The molecule has 0 radical (unpaired) electrons. The SMILES string of the molecule is CCN(c1ccccc1N)c1ccccc1C#N. The molecule has 3 heteroatoms. The van der Waals surface area contributed by atoms with Gasteiger partial charge in [-0.25, -0.2) is 0 Å². The molecule has 2 N–H and O–H groups in total. The van der Waals surface area contributed by atoms with Crippen molar-refractivity contribution in [1.29, 1.82) is 5.26 Å². The molecule has 0 aliphatic heterocycles. The molecule has 2 aromatic rings. The first kappa shape index (κ1) is 12.0. The maximum absolute atomic E-state index is 9.17. The van der Waals surface area contributed by atoms with Gasteiger partial charge in [-0.3, -0.25) is 0 Å². The molecule has 2 aromatic carbocycles. The standard InChI is InChI=1S/C15H15N3/c1-2-18(15-10-6-4-8-13(15)17)14-9-5-3-7-12(14)11-16/h3-10H,2,17H2,1H3. The highest BCUT2D eigenvalue weighted by Crippen LogP contribution is 2.31. The van der Waals surface area contributed by atoms with E-state index in [-0.39, 0.29) is 0 Å². The van der Waals surface area contributed by atoms with Crippen LogP contribution in [-0.2, 0) is 0 Å². The van der Waals surface area contributed by atoms with Crippen molar-refractivity contribution in [3.63, 3.8) is 0 Å². The van der Waals surface area contributed by atoms with Gasteiger partial charge in [0, 0.05) is 6.54 Å². The molecule has 0 amide bonds. The number of rotatable bonds is 3. The minimum Gasteiger partial charge on any atom is -0.397 e. The Kier molecular flexibility index (Phi) is 3.49. The summed E-state index contributed by atoms with van der Waals surface area (Å²) in [4.78, 5) is 2.05. The highest BCUT2D eigenvalue weighted by molar-refractivity contribution is 5.77. The second-order valence-corrected chi connectivity index (χ2v) is 3.93. The molecule has 0 aliphatic carbocycles. The first-order chi connectivity index (χ1) is 8.77. The van der Waals surface area contributed by atoms with Crippen molar-refractivity contribution in [3.8, 4) is 6.07 Å². The fourth-order valence-electron chi connectivity index (χ4n) is 2.01. The van der Waals surface area contributed by atoms with E-state index in [9.17, 15) is 5.26 Å². The first-order valence-corrected chi connectivity index (χ1v) is 5.89. The van der Waals surface area contributed by atoms with Crippen LogP contribution in [-0.4, -0.2) is 6.54 Å². The van der Waals surface area contributed by atoms with E-state index < -0.39 is 0 Å². The quantitative estimate of drug-likeness (QED) is 0.833. The van der Waals surface area contributed by atoms with E-state index >= 15 is 0 Å². The van der Waals surface area contributed by atoms with Gasteiger partial charge < -0.3 is 10.6 Å². The maximum Gasteiger partial charge on any atom is 0.101 e. The van der Waals surface area contributed by atoms with Crippen LogP contribution in [0, 0.1) is 11.3 Å². The fraction of sp³-hybridized carbons (Fsp3) is 0.133. The zero-order valence-corrected chi connectivity index (χ0v) is 10.3. The number of benzene rings is 2. The Morgan fingerprint density at radius 3 is 2.28 bits per heavy atom. The van der Waals surface area contributed by atoms with Crippen molar-refractivity contribution >= 4 is 17.1 Å². The minimum absolute atomic E-state index is 0.655. The van der Waals surface area contributed by atoms with Gasteiger partial charge in [0.2, 0.25) is 0 Å². The molecule has 90 valence electrons. The van der Waals surface area contributed by atoms with Gasteiger partial charge in [-0.05, 0) is 31.2 Å². The zero-order chi connectivity index (χ0) is 13.0. The number of nitrogens with two attached hydrogens (primary N) is 1. The van der Waals surface area contributed by atoms with Crippen LogP contribution in [0.3, 0.4) is 0 Å². The lowest BCUT2D eigenvalue weighted by atomic mass is 10.1. The molecule has 0 heterocycles. The van der Waals surface area contributed by atoms with Gasteiger partial charge in [0.25, 0.3) is 0 Å². The molecular weight excluding hydrogens is 222 g/mol. The van der Waals surface area contributed by atoms with Crippen molar-refractivity contribution in [1.82, 2.24) is 0 Å². The first-order valence-electron chi connectivity index (χ1n) is 5.89. The number of hydrogen-bond acceptors (Lipinski definition) is 3. The van der Waals surface area contributed by atoms with Gasteiger partial charge >= 0.3 is 0 Å². The van der Waals surface area contributed by atoms with Gasteiger partial charge in [0.15, 0.2) is 0 Å². The van der Waals surface area contributed by atoms with Gasteiger partial charge in [0.05, 0.1) is 22.6 Å². The summed E-state index contributed by atoms with van der Waals surface area (Å²) in [6.45, 7) is 2.80. The van der Waals surface area contributed by atoms with Crippen LogP contribution in [0.4, 0.5) is 17.1 Å². The Labute approximate surface area is 107 Å². The van der Waals surface area contributed by atoms with Crippen LogP contribution in [0.25, 0.3) is 0 Å². The average Bonchev–Trinajstić information content (AvgIpc) is 2.42. The summed E-state index contributed by atoms with van der Waals surface area (Å²) in [7, 11) is 0. The van der Waals surface area contributed by atoms with Crippen LogP contribution in [0.2, 0.25) is 0 Å². The maximum atomic E-state index is 9.17. The molecule has 0 unspecified atom stereocenters.